The molecule has 17 heavy (non-hydrogen) atoms. The van der Waals surface area contributed by atoms with Crippen molar-refractivity contribution in [3.05, 3.63) is 0 Å². The monoisotopic (exact) mass is 273 g/mol. The summed E-state index contributed by atoms with van der Waals surface area (Å²) in [5.74, 6) is -1.95. The third-order valence-electron chi connectivity index (χ3n) is 1.54. The second-order valence-electron chi connectivity index (χ2n) is 3.20. The van der Waals surface area contributed by atoms with E-state index in [0.717, 1.165) is 0 Å². The van der Waals surface area contributed by atoms with Gasteiger partial charge in [0, 0.05) is 6.42 Å². The van der Waals surface area contributed by atoms with E-state index < -0.39 is 28.4 Å². The van der Waals surface area contributed by atoms with Gasteiger partial charge in [0.1, 0.15) is 6.04 Å². The Hall–Kier alpha value is -1.23. The lowest BCUT2D eigenvalue weighted by atomic mass is 10.1. The highest BCUT2D eigenvalue weighted by atomic mass is 32.3. The lowest BCUT2D eigenvalue weighted by Gasteiger charge is -2.18. The number of nitrogens with zero attached hydrogens (tertiary/aromatic N) is 1. The summed E-state index contributed by atoms with van der Waals surface area (Å²) in [4.78, 5) is 22.1. The van der Waals surface area contributed by atoms with Gasteiger partial charge in [0.15, 0.2) is 0 Å². The van der Waals surface area contributed by atoms with Crippen LogP contribution in [0.15, 0.2) is 0 Å². The Bertz CT molecular complexity index is 341. The summed E-state index contributed by atoms with van der Waals surface area (Å²) in [5, 5.41) is 16.9. The number of hydrogen-bond acceptors (Lipinski definition) is 5. The van der Waals surface area contributed by atoms with Crippen LogP contribution in [0.25, 0.3) is 0 Å². The van der Waals surface area contributed by atoms with Crippen molar-refractivity contribution in [1.82, 2.24) is 4.90 Å². The lowest BCUT2D eigenvalue weighted by Crippen LogP contribution is -2.35. The maximum absolute atomic E-state index is 10.5. The summed E-state index contributed by atoms with van der Waals surface area (Å²) >= 11 is 0. The number of aliphatic carboxylic acids is 2. The van der Waals surface area contributed by atoms with E-state index in [4.69, 9.17) is 27.7 Å². The van der Waals surface area contributed by atoms with Crippen LogP contribution in [-0.4, -0.2) is 64.7 Å². The summed E-state index contributed by atoms with van der Waals surface area (Å²) in [6.45, 7) is 0. The van der Waals surface area contributed by atoms with Crippen molar-refractivity contribution in [3.63, 3.8) is 0 Å². The molecule has 0 aromatic heterocycles. The first kappa shape index (κ1) is 18.1. The molecule has 0 rings (SSSR count). The minimum atomic E-state index is -4.67. The minimum absolute atomic E-state index is 0.116. The maximum atomic E-state index is 10.5. The molecule has 9 nitrogen and oxygen atoms in total. The molecule has 0 saturated heterocycles. The molecule has 4 N–H and O–H groups in total. The average molecular weight is 273 g/mol. The number of carboxylic acids is 2. The van der Waals surface area contributed by atoms with Gasteiger partial charge in [-0.25, -0.2) is 0 Å². The van der Waals surface area contributed by atoms with E-state index in [1.807, 2.05) is 0 Å². The normalized spacial score (nSPS) is 12.5. The van der Waals surface area contributed by atoms with Crippen LogP contribution in [0.2, 0.25) is 0 Å². The Balaban J connectivity index is 0. The zero-order valence-corrected chi connectivity index (χ0v) is 10.1. The number of carbonyl (C=O) groups is 2. The molecule has 0 heterocycles. The molecule has 0 aliphatic heterocycles. The Morgan fingerprint density at radius 2 is 1.53 bits per heavy atom. The van der Waals surface area contributed by atoms with Crippen LogP contribution < -0.4 is 0 Å². The fraction of sp³-hybridized carbons (Fsp3) is 0.714. The molecule has 0 amide bonds. The molecule has 10 heteroatoms. The van der Waals surface area contributed by atoms with Crippen LogP contribution >= 0.6 is 0 Å². The third kappa shape index (κ3) is 17.4. The van der Waals surface area contributed by atoms with Gasteiger partial charge in [-0.2, -0.15) is 8.42 Å². The highest BCUT2D eigenvalue weighted by molar-refractivity contribution is 7.79. The molecule has 0 spiro atoms. The quantitative estimate of drug-likeness (QED) is 0.472. The van der Waals surface area contributed by atoms with E-state index in [1.54, 1.807) is 14.1 Å². The Kier molecular flexibility index (Phi) is 8.48. The molecule has 0 bridgehead atoms. The molecule has 0 aliphatic rings. The van der Waals surface area contributed by atoms with Crippen LogP contribution in [0, 0.1) is 0 Å². The minimum Gasteiger partial charge on any atom is -0.481 e. The van der Waals surface area contributed by atoms with Crippen molar-refractivity contribution in [1.29, 1.82) is 0 Å². The van der Waals surface area contributed by atoms with E-state index in [1.165, 1.54) is 4.90 Å². The van der Waals surface area contributed by atoms with E-state index in [9.17, 15) is 9.59 Å². The van der Waals surface area contributed by atoms with Gasteiger partial charge in [0.25, 0.3) is 0 Å². The molecule has 1 atom stereocenters. The smallest absolute Gasteiger partial charge is 0.394 e. The van der Waals surface area contributed by atoms with Crippen LogP contribution in [0.1, 0.15) is 12.8 Å². The van der Waals surface area contributed by atoms with Crippen molar-refractivity contribution in [2.45, 2.75) is 18.9 Å². The fourth-order valence-electron chi connectivity index (χ4n) is 0.863. The molecular weight excluding hydrogens is 258 g/mol. The number of hydrogen-bond donors (Lipinski definition) is 4. The standard InChI is InChI=1S/C7H13NO4.H2O4S/c1-8(2)5(7(11)12)3-4-6(9)10;1-5(2,3)4/h5H,3-4H2,1-2H3,(H,9,10)(H,11,12);(H2,1,2,3,4). The first-order chi connectivity index (χ1) is 7.45. The molecule has 0 radical (unpaired) electrons. The molecule has 0 aromatic rings. The number of rotatable bonds is 5. The van der Waals surface area contributed by atoms with E-state index in [0.29, 0.717) is 0 Å². The van der Waals surface area contributed by atoms with Gasteiger partial charge in [-0.3, -0.25) is 23.6 Å². The summed E-state index contributed by atoms with van der Waals surface area (Å²) in [5.41, 5.74) is 0. The molecule has 1 unspecified atom stereocenters. The summed E-state index contributed by atoms with van der Waals surface area (Å²) in [6, 6.07) is -0.707. The molecule has 0 aliphatic carbocycles. The van der Waals surface area contributed by atoms with Crippen molar-refractivity contribution >= 4 is 22.3 Å². The van der Waals surface area contributed by atoms with Gasteiger partial charge < -0.3 is 10.2 Å². The predicted molar refractivity (Wildman–Crippen MR) is 56.2 cm³/mol. The Labute approximate surface area is 98.2 Å². The van der Waals surface area contributed by atoms with Crippen molar-refractivity contribution in [2.24, 2.45) is 0 Å². The van der Waals surface area contributed by atoms with E-state index in [-0.39, 0.29) is 12.8 Å². The first-order valence-corrected chi connectivity index (χ1v) is 5.65. The van der Waals surface area contributed by atoms with E-state index in [2.05, 4.69) is 0 Å². The highest BCUT2D eigenvalue weighted by Gasteiger charge is 2.20. The van der Waals surface area contributed by atoms with Crippen LogP contribution in [0.4, 0.5) is 0 Å². The van der Waals surface area contributed by atoms with Crippen LogP contribution in [-0.2, 0) is 20.0 Å². The Morgan fingerprint density at radius 3 is 1.71 bits per heavy atom. The van der Waals surface area contributed by atoms with Crippen molar-refractivity contribution < 1.29 is 37.3 Å². The second kappa shape index (κ2) is 7.95. The zero-order valence-electron chi connectivity index (χ0n) is 9.27. The second-order valence-corrected chi connectivity index (χ2v) is 4.09. The van der Waals surface area contributed by atoms with Gasteiger partial charge in [0.05, 0.1) is 0 Å². The largest absolute Gasteiger partial charge is 0.481 e. The third-order valence-corrected chi connectivity index (χ3v) is 1.54. The Morgan fingerprint density at radius 1 is 1.18 bits per heavy atom. The average Bonchev–Trinajstić information content (AvgIpc) is 1.98. The molecule has 0 saturated carbocycles. The van der Waals surface area contributed by atoms with Gasteiger partial charge in [-0.05, 0) is 20.5 Å². The predicted octanol–water partition coefficient (Wildman–Crippen LogP) is -0.787. The molecule has 0 fully saturated rings. The zero-order chi connectivity index (χ0) is 14.2. The lowest BCUT2D eigenvalue weighted by molar-refractivity contribution is -0.143. The molecule has 102 valence electrons. The molecule has 0 aromatic carbocycles. The van der Waals surface area contributed by atoms with Crippen molar-refractivity contribution in [3.8, 4) is 0 Å². The van der Waals surface area contributed by atoms with Gasteiger partial charge in [-0.1, -0.05) is 0 Å². The summed E-state index contributed by atoms with van der Waals surface area (Å²) in [7, 11) is -1.44. The fourth-order valence-corrected chi connectivity index (χ4v) is 0.863. The number of likely N-dealkylation sites (N-methyl/N-ethyl adjacent to an activating group) is 1. The SMILES string of the molecule is CN(C)C(CCC(=O)O)C(=O)O.O=S(=O)(O)O. The summed E-state index contributed by atoms with van der Waals surface area (Å²) in [6.07, 6.45) is 0.0206. The summed E-state index contributed by atoms with van der Waals surface area (Å²) < 4.78 is 31.6. The topological polar surface area (TPSA) is 152 Å². The van der Waals surface area contributed by atoms with Crippen LogP contribution in [0.3, 0.4) is 0 Å². The molecular formula is C7H15NO8S. The van der Waals surface area contributed by atoms with Gasteiger partial charge in [-0.15, -0.1) is 0 Å². The van der Waals surface area contributed by atoms with Gasteiger partial charge >= 0.3 is 22.3 Å². The first-order valence-electron chi connectivity index (χ1n) is 4.26. The van der Waals surface area contributed by atoms with Crippen LogP contribution in [0.5, 0.6) is 0 Å². The maximum Gasteiger partial charge on any atom is 0.394 e. The highest BCUT2D eigenvalue weighted by Crippen LogP contribution is 2.03. The van der Waals surface area contributed by atoms with E-state index >= 15 is 0 Å². The number of carboxylic acid groups (broad SMARTS) is 2. The van der Waals surface area contributed by atoms with Crippen molar-refractivity contribution in [2.75, 3.05) is 14.1 Å². The van der Waals surface area contributed by atoms with Gasteiger partial charge in [0.2, 0.25) is 0 Å².